The number of halogens is 1. The first-order valence-electron chi connectivity index (χ1n) is 12.4. The summed E-state index contributed by atoms with van der Waals surface area (Å²) >= 11 is 0. The molecule has 9 heteroatoms. The molecule has 3 aromatic rings. The van der Waals surface area contributed by atoms with Crippen LogP contribution >= 0.6 is 0 Å². The van der Waals surface area contributed by atoms with Crippen molar-refractivity contribution < 1.29 is 18.7 Å². The van der Waals surface area contributed by atoms with Crippen LogP contribution in [0.1, 0.15) is 41.8 Å². The van der Waals surface area contributed by atoms with E-state index in [1.807, 2.05) is 15.5 Å². The van der Waals surface area contributed by atoms with E-state index in [0.717, 1.165) is 59.6 Å². The van der Waals surface area contributed by atoms with Crippen LogP contribution in [0.2, 0.25) is 0 Å². The molecular formula is C26H28FN5O3. The van der Waals surface area contributed by atoms with Gasteiger partial charge < -0.3 is 14.4 Å². The van der Waals surface area contributed by atoms with Gasteiger partial charge in [0.2, 0.25) is 5.91 Å². The van der Waals surface area contributed by atoms with E-state index in [1.165, 1.54) is 6.07 Å². The molecule has 0 bridgehead atoms. The van der Waals surface area contributed by atoms with E-state index in [2.05, 4.69) is 16.3 Å². The minimum atomic E-state index is -0.196. The van der Waals surface area contributed by atoms with Gasteiger partial charge in [-0.15, -0.1) is 10.2 Å². The average molecular weight is 478 g/mol. The summed E-state index contributed by atoms with van der Waals surface area (Å²) in [5.41, 5.74) is 4.48. The maximum absolute atomic E-state index is 14.6. The van der Waals surface area contributed by atoms with Crippen LogP contribution in [0.3, 0.4) is 0 Å². The molecule has 35 heavy (non-hydrogen) atoms. The van der Waals surface area contributed by atoms with Crippen molar-refractivity contribution in [1.29, 1.82) is 0 Å². The molecule has 1 saturated heterocycles. The zero-order chi connectivity index (χ0) is 23.8. The maximum Gasteiger partial charge on any atom is 0.226 e. The van der Waals surface area contributed by atoms with Gasteiger partial charge in [0.05, 0.1) is 6.61 Å². The summed E-state index contributed by atoms with van der Waals surface area (Å²) in [7, 11) is 0. The van der Waals surface area contributed by atoms with Crippen LogP contribution in [0.5, 0.6) is 5.75 Å². The molecule has 3 aliphatic heterocycles. The Kier molecular flexibility index (Phi) is 5.93. The number of aromatic nitrogens is 4. The fourth-order valence-electron chi connectivity index (χ4n) is 5.42. The molecule has 8 nitrogen and oxygen atoms in total. The Bertz CT molecular complexity index is 1300. The number of fused-ring (bicyclic) bond motifs is 2. The predicted octanol–water partition coefficient (Wildman–Crippen LogP) is 3.03. The second-order valence-corrected chi connectivity index (χ2v) is 9.36. The van der Waals surface area contributed by atoms with Gasteiger partial charge in [0.15, 0.2) is 5.65 Å². The monoisotopic (exact) mass is 477 g/mol. The molecule has 5 heterocycles. The molecule has 1 fully saturated rings. The molecule has 1 aromatic carbocycles. The highest BCUT2D eigenvalue weighted by molar-refractivity contribution is 5.82. The lowest BCUT2D eigenvalue weighted by Crippen LogP contribution is -2.40. The first-order chi connectivity index (χ1) is 17.2. The van der Waals surface area contributed by atoms with Gasteiger partial charge in [-0.2, -0.15) is 0 Å². The molecule has 3 aliphatic rings. The van der Waals surface area contributed by atoms with Gasteiger partial charge in [-0.25, -0.2) is 9.37 Å². The minimum absolute atomic E-state index is 0.0742. The SMILES string of the molecule is O=C(C1CCOCC1)N1CC=C(c2cnc(CCc3c(F)ccc4c3CCO4)n3cnnc23)CC1. The van der Waals surface area contributed by atoms with Gasteiger partial charge in [-0.3, -0.25) is 9.20 Å². The van der Waals surface area contributed by atoms with Crippen LogP contribution in [0.15, 0.2) is 30.7 Å². The van der Waals surface area contributed by atoms with Crippen LogP contribution in [0, 0.1) is 11.7 Å². The van der Waals surface area contributed by atoms with E-state index in [9.17, 15) is 9.18 Å². The number of hydrogen-bond donors (Lipinski definition) is 0. The van der Waals surface area contributed by atoms with Gasteiger partial charge >= 0.3 is 0 Å². The third-order valence-corrected chi connectivity index (χ3v) is 7.39. The third kappa shape index (κ3) is 4.18. The highest BCUT2D eigenvalue weighted by Gasteiger charge is 2.28. The Labute approximate surface area is 202 Å². The summed E-state index contributed by atoms with van der Waals surface area (Å²) in [5, 5.41) is 8.48. The minimum Gasteiger partial charge on any atom is -0.493 e. The quantitative estimate of drug-likeness (QED) is 0.562. The standard InChI is InChI=1S/C26H28FN5O3/c27-22-2-3-23-20(9-14-35-23)19(22)1-4-24-28-15-21(25-30-29-16-32(24)25)17-5-10-31(11-6-17)26(33)18-7-12-34-13-8-18/h2-3,5,15-16,18H,1,4,6-14H2. The predicted molar refractivity (Wildman–Crippen MR) is 127 cm³/mol. The van der Waals surface area contributed by atoms with E-state index in [0.29, 0.717) is 51.3 Å². The van der Waals surface area contributed by atoms with E-state index in [4.69, 9.17) is 14.5 Å². The summed E-state index contributed by atoms with van der Waals surface area (Å²) < 4.78 is 27.5. The zero-order valence-electron chi connectivity index (χ0n) is 19.6. The largest absolute Gasteiger partial charge is 0.493 e. The van der Waals surface area contributed by atoms with E-state index in [-0.39, 0.29) is 17.6 Å². The molecule has 0 spiro atoms. The number of ether oxygens (including phenoxy) is 2. The number of rotatable bonds is 5. The first kappa shape index (κ1) is 22.2. The van der Waals surface area contributed by atoms with Crippen molar-refractivity contribution >= 4 is 17.1 Å². The van der Waals surface area contributed by atoms with E-state index >= 15 is 0 Å². The zero-order valence-corrected chi connectivity index (χ0v) is 19.6. The molecule has 0 atom stereocenters. The van der Waals surface area contributed by atoms with Crippen LogP contribution in [-0.2, 0) is 28.8 Å². The molecule has 1 amide bonds. The van der Waals surface area contributed by atoms with Crippen LogP contribution in [0.25, 0.3) is 11.2 Å². The number of nitrogens with zero attached hydrogens (tertiary/aromatic N) is 5. The molecule has 0 unspecified atom stereocenters. The third-order valence-electron chi connectivity index (χ3n) is 7.39. The van der Waals surface area contributed by atoms with Gasteiger partial charge in [0, 0.05) is 62.4 Å². The molecular weight excluding hydrogens is 449 g/mol. The van der Waals surface area contributed by atoms with E-state index in [1.54, 1.807) is 12.4 Å². The van der Waals surface area contributed by atoms with Gasteiger partial charge in [-0.05, 0) is 49.0 Å². The first-order valence-corrected chi connectivity index (χ1v) is 12.4. The Hall–Kier alpha value is -3.33. The van der Waals surface area contributed by atoms with Crippen molar-refractivity contribution in [2.45, 2.75) is 38.5 Å². The van der Waals surface area contributed by atoms with Crippen molar-refractivity contribution in [3.8, 4) is 5.75 Å². The molecule has 0 aliphatic carbocycles. The number of benzene rings is 1. The Morgan fingerprint density at radius 3 is 2.86 bits per heavy atom. The number of amides is 1. The van der Waals surface area contributed by atoms with Gasteiger partial charge in [0.1, 0.15) is 23.7 Å². The fourth-order valence-corrected chi connectivity index (χ4v) is 5.42. The number of carbonyl (C=O) groups is 1. The average Bonchev–Trinajstić information content (AvgIpc) is 3.59. The van der Waals surface area contributed by atoms with E-state index < -0.39 is 0 Å². The van der Waals surface area contributed by atoms with Crippen LogP contribution in [0.4, 0.5) is 4.39 Å². The number of carbonyl (C=O) groups excluding carboxylic acids is 1. The lowest BCUT2D eigenvalue weighted by Gasteiger charge is -2.31. The summed E-state index contributed by atoms with van der Waals surface area (Å²) in [6.45, 7) is 3.21. The second kappa shape index (κ2) is 9.37. The number of aryl methyl sites for hydroxylation is 1. The van der Waals surface area contributed by atoms with Crippen molar-refractivity contribution in [2.75, 3.05) is 32.9 Å². The second-order valence-electron chi connectivity index (χ2n) is 9.36. The Morgan fingerprint density at radius 1 is 1.14 bits per heavy atom. The van der Waals surface area contributed by atoms with Crippen LogP contribution < -0.4 is 4.74 Å². The molecule has 6 rings (SSSR count). The van der Waals surface area contributed by atoms with Crippen molar-refractivity contribution in [3.63, 3.8) is 0 Å². The smallest absolute Gasteiger partial charge is 0.226 e. The normalized spacial score (nSPS) is 18.4. The highest BCUT2D eigenvalue weighted by atomic mass is 19.1. The van der Waals surface area contributed by atoms with Crippen molar-refractivity contribution in [1.82, 2.24) is 24.5 Å². The highest BCUT2D eigenvalue weighted by Crippen LogP contribution is 2.31. The molecule has 0 saturated carbocycles. The lowest BCUT2D eigenvalue weighted by atomic mass is 9.96. The molecule has 2 aromatic heterocycles. The number of hydrogen-bond acceptors (Lipinski definition) is 6. The molecule has 0 radical (unpaired) electrons. The molecule has 182 valence electrons. The molecule has 0 N–H and O–H groups in total. The Morgan fingerprint density at radius 2 is 2.03 bits per heavy atom. The summed E-state index contributed by atoms with van der Waals surface area (Å²) in [6.07, 6.45) is 9.81. The maximum atomic E-state index is 14.6. The van der Waals surface area contributed by atoms with Gasteiger partial charge in [0.25, 0.3) is 0 Å². The summed E-state index contributed by atoms with van der Waals surface area (Å²) in [6, 6.07) is 3.19. The topological polar surface area (TPSA) is 81.8 Å². The van der Waals surface area contributed by atoms with Gasteiger partial charge in [-0.1, -0.05) is 6.08 Å². The van der Waals surface area contributed by atoms with Crippen molar-refractivity contribution in [3.05, 3.63) is 59.1 Å². The van der Waals surface area contributed by atoms with Crippen LogP contribution in [-0.4, -0.2) is 63.3 Å². The lowest BCUT2D eigenvalue weighted by molar-refractivity contribution is -0.138. The fraction of sp³-hybridized carbons (Fsp3) is 0.462. The van der Waals surface area contributed by atoms with Crippen molar-refractivity contribution in [2.24, 2.45) is 5.92 Å². The summed E-state index contributed by atoms with van der Waals surface area (Å²) in [5.74, 6) is 1.68. The Balaban J connectivity index is 1.19. The summed E-state index contributed by atoms with van der Waals surface area (Å²) in [4.78, 5) is 19.5.